The topological polar surface area (TPSA) is 96.1 Å². The van der Waals surface area contributed by atoms with Crippen LogP contribution in [0.15, 0.2) is 43.2 Å². The number of hydrogen-bond donors (Lipinski definition) is 0. The molecular formula is C25H30N10. The van der Waals surface area contributed by atoms with Gasteiger partial charge in [0.05, 0.1) is 48.7 Å². The van der Waals surface area contributed by atoms with Crippen LogP contribution in [0, 0.1) is 17.2 Å². The van der Waals surface area contributed by atoms with E-state index in [-0.39, 0.29) is 6.04 Å². The third-order valence-corrected chi connectivity index (χ3v) is 7.23. The SMILES string of the molecule is CN1CCN(CCn2cc(-c3cc4nccn4c(-c4cnn(C(CC#N)C5CC5)c4)n3)cn2)CC1. The van der Waals surface area contributed by atoms with Crippen LogP contribution in [0.3, 0.4) is 0 Å². The monoisotopic (exact) mass is 470 g/mol. The highest BCUT2D eigenvalue weighted by Gasteiger charge is 2.33. The number of nitriles is 1. The average molecular weight is 471 g/mol. The summed E-state index contributed by atoms with van der Waals surface area (Å²) in [4.78, 5) is 14.4. The standard InChI is InChI=1S/C25H30N10/c1-31-8-10-32(11-9-31)12-13-33-17-20(15-28-33)22-14-24-27-6-7-34(24)25(30-22)21-16-29-35(18-21)23(4-5-26)19-2-3-19/h6-7,14-19,23H,2-4,8-13H2,1H3. The zero-order valence-electron chi connectivity index (χ0n) is 20.0. The van der Waals surface area contributed by atoms with Crippen molar-refractivity contribution in [3.63, 3.8) is 0 Å². The van der Waals surface area contributed by atoms with Crippen LogP contribution < -0.4 is 0 Å². The number of fused-ring (bicyclic) bond motifs is 1. The van der Waals surface area contributed by atoms with E-state index in [9.17, 15) is 5.26 Å². The smallest absolute Gasteiger partial charge is 0.149 e. The van der Waals surface area contributed by atoms with Crippen molar-refractivity contribution in [2.45, 2.75) is 31.8 Å². The Morgan fingerprint density at radius 2 is 1.89 bits per heavy atom. The lowest BCUT2D eigenvalue weighted by atomic mass is 10.1. The summed E-state index contributed by atoms with van der Waals surface area (Å²) in [7, 11) is 2.18. The van der Waals surface area contributed by atoms with Crippen LogP contribution in [-0.2, 0) is 6.54 Å². The van der Waals surface area contributed by atoms with Gasteiger partial charge in [-0.15, -0.1) is 0 Å². The molecule has 2 fully saturated rings. The molecule has 0 aromatic carbocycles. The van der Waals surface area contributed by atoms with Crippen LogP contribution in [0.4, 0.5) is 0 Å². The first kappa shape index (κ1) is 21.9. The molecule has 4 aromatic rings. The Morgan fingerprint density at radius 3 is 2.69 bits per heavy atom. The molecule has 180 valence electrons. The van der Waals surface area contributed by atoms with E-state index in [0.717, 1.165) is 67.6 Å². The second kappa shape index (κ2) is 9.24. The molecule has 0 spiro atoms. The Balaban J connectivity index is 1.25. The molecule has 0 radical (unpaired) electrons. The van der Waals surface area contributed by atoms with Crippen LogP contribution in [0.2, 0.25) is 0 Å². The van der Waals surface area contributed by atoms with E-state index in [2.05, 4.69) is 44.3 Å². The predicted molar refractivity (Wildman–Crippen MR) is 131 cm³/mol. The molecule has 0 bridgehead atoms. The van der Waals surface area contributed by atoms with E-state index in [0.29, 0.717) is 12.3 Å². The number of rotatable bonds is 8. The summed E-state index contributed by atoms with van der Waals surface area (Å²) in [6, 6.07) is 4.45. The summed E-state index contributed by atoms with van der Waals surface area (Å²) < 4.78 is 5.94. The van der Waals surface area contributed by atoms with Crippen LogP contribution >= 0.6 is 0 Å². The minimum Gasteiger partial charge on any atom is -0.304 e. The number of likely N-dealkylation sites (N-methyl/N-ethyl adjacent to an activating group) is 1. The molecular weight excluding hydrogens is 440 g/mol. The Labute approximate surface area is 204 Å². The highest BCUT2D eigenvalue weighted by Crippen LogP contribution is 2.41. The fraction of sp³-hybridized carbons (Fsp3) is 0.480. The van der Waals surface area contributed by atoms with Crippen molar-refractivity contribution in [1.82, 2.24) is 43.7 Å². The van der Waals surface area contributed by atoms with E-state index in [1.165, 1.54) is 12.8 Å². The lowest BCUT2D eigenvalue weighted by molar-refractivity contribution is 0.149. The first-order valence-electron chi connectivity index (χ1n) is 12.4. The lowest BCUT2D eigenvalue weighted by Crippen LogP contribution is -2.45. The van der Waals surface area contributed by atoms with Crippen molar-refractivity contribution in [2.24, 2.45) is 5.92 Å². The quantitative estimate of drug-likeness (QED) is 0.390. The summed E-state index contributed by atoms with van der Waals surface area (Å²) in [6.07, 6.45) is 14.3. The van der Waals surface area contributed by atoms with Gasteiger partial charge in [-0.05, 0) is 25.8 Å². The summed E-state index contributed by atoms with van der Waals surface area (Å²) in [5.74, 6) is 1.34. The Kier molecular flexibility index (Phi) is 5.80. The van der Waals surface area contributed by atoms with Gasteiger partial charge >= 0.3 is 0 Å². The maximum Gasteiger partial charge on any atom is 0.149 e. The summed E-state index contributed by atoms with van der Waals surface area (Å²) in [6.45, 7) is 6.31. The molecule has 1 saturated heterocycles. The highest BCUT2D eigenvalue weighted by atomic mass is 15.3. The Hall–Kier alpha value is -3.55. The molecule has 4 aromatic heterocycles. The number of aromatic nitrogens is 7. The third kappa shape index (κ3) is 4.57. The van der Waals surface area contributed by atoms with Crippen LogP contribution in [0.5, 0.6) is 0 Å². The molecule has 5 heterocycles. The Bertz CT molecular complexity index is 1350. The van der Waals surface area contributed by atoms with Crippen molar-refractivity contribution in [1.29, 1.82) is 5.26 Å². The minimum atomic E-state index is 0.133. The number of hydrogen-bond acceptors (Lipinski definition) is 7. The van der Waals surface area contributed by atoms with Gasteiger partial charge in [0, 0.05) is 69.1 Å². The first-order valence-corrected chi connectivity index (χ1v) is 12.4. The molecule has 1 unspecified atom stereocenters. The third-order valence-electron chi connectivity index (χ3n) is 7.23. The molecule has 10 nitrogen and oxygen atoms in total. The molecule has 10 heteroatoms. The second-order valence-corrected chi connectivity index (χ2v) is 9.73. The fourth-order valence-corrected chi connectivity index (χ4v) is 4.89. The molecule has 2 aliphatic rings. The average Bonchev–Trinajstić information content (AvgIpc) is 3.26. The van der Waals surface area contributed by atoms with E-state index in [1.54, 1.807) is 6.20 Å². The van der Waals surface area contributed by atoms with Crippen LogP contribution in [0.25, 0.3) is 28.3 Å². The largest absolute Gasteiger partial charge is 0.304 e. The van der Waals surface area contributed by atoms with Gasteiger partial charge < -0.3 is 4.90 Å². The van der Waals surface area contributed by atoms with E-state index in [1.807, 2.05) is 44.6 Å². The van der Waals surface area contributed by atoms with E-state index in [4.69, 9.17) is 4.98 Å². The molecule has 1 aliphatic heterocycles. The molecule has 0 amide bonds. The molecule has 1 atom stereocenters. The van der Waals surface area contributed by atoms with Gasteiger partial charge in [0.1, 0.15) is 11.5 Å². The van der Waals surface area contributed by atoms with E-state index >= 15 is 0 Å². The molecule has 35 heavy (non-hydrogen) atoms. The van der Waals surface area contributed by atoms with E-state index < -0.39 is 0 Å². The van der Waals surface area contributed by atoms with Crippen molar-refractivity contribution >= 4 is 5.65 Å². The molecule has 1 aliphatic carbocycles. The van der Waals surface area contributed by atoms with Crippen molar-refractivity contribution in [3.05, 3.63) is 43.2 Å². The van der Waals surface area contributed by atoms with Crippen LogP contribution in [0.1, 0.15) is 25.3 Å². The molecule has 6 rings (SSSR count). The molecule has 0 N–H and O–H groups in total. The number of imidazole rings is 1. The van der Waals surface area contributed by atoms with Crippen molar-refractivity contribution in [2.75, 3.05) is 39.8 Å². The molecule has 1 saturated carbocycles. The van der Waals surface area contributed by atoms with Gasteiger partial charge in [0.2, 0.25) is 0 Å². The van der Waals surface area contributed by atoms with Gasteiger partial charge in [-0.3, -0.25) is 18.7 Å². The van der Waals surface area contributed by atoms with Gasteiger partial charge in [-0.25, -0.2) is 9.97 Å². The zero-order chi connectivity index (χ0) is 23.8. The summed E-state index contributed by atoms with van der Waals surface area (Å²) in [5.41, 5.74) is 3.57. The second-order valence-electron chi connectivity index (χ2n) is 9.73. The fourth-order valence-electron chi connectivity index (χ4n) is 4.89. The van der Waals surface area contributed by atoms with Gasteiger partial charge in [0.25, 0.3) is 0 Å². The first-order chi connectivity index (χ1) is 17.2. The Morgan fingerprint density at radius 1 is 1.06 bits per heavy atom. The lowest BCUT2D eigenvalue weighted by Gasteiger charge is -2.32. The minimum absolute atomic E-state index is 0.133. The summed E-state index contributed by atoms with van der Waals surface area (Å²) >= 11 is 0. The zero-order valence-corrected chi connectivity index (χ0v) is 20.0. The van der Waals surface area contributed by atoms with Gasteiger partial charge in [0.15, 0.2) is 0 Å². The van der Waals surface area contributed by atoms with Gasteiger partial charge in [-0.1, -0.05) is 0 Å². The summed E-state index contributed by atoms with van der Waals surface area (Å²) in [5, 5.41) is 18.5. The van der Waals surface area contributed by atoms with Crippen molar-refractivity contribution < 1.29 is 0 Å². The number of nitrogens with zero attached hydrogens (tertiary/aromatic N) is 10. The normalized spacial score (nSPS) is 18.2. The number of piperazine rings is 1. The highest BCUT2D eigenvalue weighted by molar-refractivity contribution is 5.68. The van der Waals surface area contributed by atoms with Crippen LogP contribution in [-0.4, -0.2) is 83.5 Å². The maximum atomic E-state index is 9.27. The predicted octanol–water partition coefficient (Wildman–Crippen LogP) is 2.57. The maximum absolute atomic E-state index is 9.27. The van der Waals surface area contributed by atoms with Gasteiger partial charge in [-0.2, -0.15) is 15.5 Å². The van der Waals surface area contributed by atoms with Crippen molar-refractivity contribution in [3.8, 4) is 28.7 Å².